The minimum absolute atomic E-state index is 0.0263. The zero-order valence-corrected chi connectivity index (χ0v) is 29.0. The van der Waals surface area contributed by atoms with E-state index in [1.165, 1.54) is 50.3 Å². The monoisotopic (exact) mass is 721 g/mol. The number of halogens is 1. The van der Waals surface area contributed by atoms with Crippen LogP contribution < -0.4 is 25.4 Å². The number of methoxy groups -OCH3 is 2. The van der Waals surface area contributed by atoms with Gasteiger partial charge in [-0.15, -0.1) is 11.8 Å². The quantitative estimate of drug-likeness (QED) is 0.0709. The van der Waals surface area contributed by atoms with Crippen LogP contribution in [-0.4, -0.2) is 43.0 Å². The zero-order chi connectivity index (χ0) is 36.3. The van der Waals surface area contributed by atoms with E-state index in [-0.39, 0.29) is 22.0 Å². The van der Waals surface area contributed by atoms with Gasteiger partial charge in [-0.2, -0.15) is 0 Å². The SMILES string of the molecule is COc1ccc(/C=C(/NC(=O)c2ccccc2)C(=O)Nc2cccc(SC(C(=O)Nc3cc(C(=O)O)ccc3Cl)c3ccccc3)c2)cc1OC. The topological polar surface area (TPSA) is 143 Å². The Hall–Kier alpha value is -6.04. The molecule has 5 aromatic rings. The fourth-order valence-electron chi connectivity index (χ4n) is 4.89. The molecule has 0 saturated carbocycles. The molecule has 0 aliphatic rings. The summed E-state index contributed by atoms with van der Waals surface area (Å²) in [4.78, 5) is 52.8. The van der Waals surface area contributed by atoms with Gasteiger partial charge in [-0.3, -0.25) is 14.4 Å². The third-order valence-corrected chi connectivity index (χ3v) is 8.98. The molecule has 0 aliphatic carbocycles. The first-order valence-corrected chi connectivity index (χ1v) is 16.7. The summed E-state index contributed by atoms with van der Waals surface area (Å²) >= 11 is 7.52. The molecular formula is C39H32ClN3O7S. The van der Waals surface area contributed by atoms with E-state index in [2.05, 4.69) is 16.0 Å². The van der Waals surface area contributed by atoms with Crippen molar-refractivity contribution < 1.29 is 33.8 Å². The third kappa shape index (κ3) is 9.56. The molecule has 258 valence electrons. The van der Waals surface area contributed by atoms with Crippen molar-refractivity contribution in [2.45, 2.75) is 10.1 Å². The molecule has 0 heterocycles. The summed E-state index contributed by atoms with van der Waals surface area (Å²) in [5.41, 5.74) is 2.13. The summed E-state index contributed by atoms with van der Waals surface area (Å²) in [6.45, 7) is 0. The number of ether oxygens (including phenoxy) is 2. The minimum Gasteiger partial charge on any atom is -0.493 e. The lowest BCUT2D eigenvalue weighted by atomic mass is 10.1. The van der Waals surface area contributed by atoms with Crippen LogP contribution in [0.25, 0.3) is 6.08 Å². The molecule has 0 spiro atoms. The van der Waals surface area contributed by atoms with Gasteiger partial charge in [-0.1, -0.05) is 72.3 Å². The second-order valence-corrected chi connectivity index (χ2v) is 12.5. The Labute approximate surface area is 303 Å². The molecule has 1 atom stereocenters. The first-order chi connectivity index (χ1) is 24.6. The van der Waals surface area contributed by atoms with E-state index >= 15 is 0 Å². The van der Waals surface area contributed by atoms with Crippen molar-refractivity contribution >= 4 is 64.5 Å². The summed E-state index contributed by atoms with van der Waals surface area (Å²) in [7, 11) is 3.02. The molecule has 0 fully saturated rings. The van der Waals surface area contributed by atoms with Crippen LogP contribution in [0.3, 0.4) is 0 Å². The maximum Gasteiger partial charge on any atom is 0.335 e. The van der Waals surface area contributed by atoms with Crippen LogP contribution in [-0.2, 0) is 9.59 Å². The van der Waals surface area contributed by atoms with Crippen LogP contribution in [0.5, 0.6) is 11.5 Å². The van der Waals surface area contributed by atoms with Crippen LogP contribution in [0.15, 0.2) is 132 Å². The number of carboxylic acid groups (broad SMARTS) is 1. The molecule has 12 heteroatoms. The number of carboxylic acids is 1. The highest BCUT2D eigenvalue weighted by Crippen LogP contribution is 2.38. The summed E-state index contributed by atoms with van der Waals surface area (Å²) in [5, 5.41) is 17.2. The Morgan fingerprint density at radius 2 is 1.45 bits per heavy atom. The van der Waals surface area contributed by atoms with E-state index in [1.54, 1.807) is 97.1 Å². The molecular weight excluding hydrogens is 690 g/mol. The minimum atomic E-state index is -1.16. The van der Waals surface area contributed by atoms with Crippen molar-refractivity contribution in [1.29, 1.82) is 0 Å². The van der Waals surface area contributed by atoms with Crippen LogP contribution in [0.4, 0.5) is 11.4 Å². The first-order valence-electron chi connectivity index (χ1n) is 15.4. The van der Waals surface area contributed by atoms with Gasteiger partial charge in [0.1, 0.15) is 10.9 Å². The van der Waals surface area contributed by atoms with Gasteiger partial charge in [0.2, 0.25) is 5.91 Å². The van der Waals surface area contributed by atoms with E-state index in [0.717, 1.165) is 0 Å². The molecule has 0 bridgehead atoms. The van der Waals surface area contributed by atoms with E-state index in [4.69, 9.17) is 21.1 Å². The van der Waals surface area contributed by atoms with Crippen LogP contribution >= 0.6 is 23.4 Å². The lowest BCUT2D eigenvalue weighted by molar-refractivity contribution is -0.116. The number of carbonyl (C=O) groups excluding carboxylic acids is 3. The van der Waals surface area contributed by atoms with E-state index in [0.29, 0.717) is 38.8 Å². The Bertz CT molecular complexity index is 2090. The average molecular weight is 722 g/mol. The Morgan fingerprint density at radius 1 is 0.745 bits per heavy atom. The molecule has 0 aliphatic heterocycles. The van der Waals surface area contributed by atoms with Gasteiger partial charge in [0.25, 0.3) is 11.8 Å². The van der Waals surface area contributed by atoms with Crippen molar-refractivity contribution in [3.8, 4) is 11.5 Å². The number of benzene rings is 5. The second kappa shape index (κ2) is 17.1. The summed E-state index contributed by atoms with van der Waals surface area (Å²) < 4.78 is 10.7. The summed E-state index contributed by atoms with van der Waals surface area (Å²) in [5.74, 6) is -1.72. The maximum atomic E-state index is 13.8. The highest BCUT2D eigenvalue weighted by molar-refractivity contribution is 8.00. The number of amides is 3. The van der Waals surface area contributed by atoms with Crippen molar-refractivity contribution in [1.82, 2.24) is 5.32 Å². The number of carbonyl (C=O) groups is 4. The first kappa shape index (κ1) is 36.2. The lowest BCUT2D eigenvalue weighted by Crippen LogP contribution is -2.30. The Morgan fingerprint density at radius 3 is 2.14 bits per heavy atom. The van der Waals surface area contributed by atoms with Gasteiger partial charge in [0.05, 0.1) is 30.5 Å². The number of hydrogen-bond acceptors (Lipinski definition) is 7. The third-order valence-electron chi connectivity index (χ3n) is 7.40. The van der Waals surface area contributed by atoms with Gasteiger partial charge in [-0.05, 0) is 77.9 Å². The number of hydrogen-bond donors (Lipinski definition) is 4. The van der Waals surface area contributed by atoms with E-state index in [1.807, 2.05) is 6.07 Å². The van der Waals surface area contributed by atoms with Crippen molar-refractivity contribution in [2.75, 3.05) is 24.9 Å². The maximum absolute atomic E-state index is 13.8. The van der Waals surface area contributed by atoms with Crippen LogP contribution in [0.2, 0.25) is 5.02 Å². The number of rotatable bonds is 13. The largest absolute Gasteiger partial charge is 0.493 e. The number of aromatic carboxylic acids is 1. The van der Waals surface area contributed by atoms with Gasteiger partial charge in [-0.25, -0.2) is 4.79 Å². The molecule has 4 N–H and O–H groups in total. The van der Waals surface area contributed by atoms with E-state index < -0.39 is 28.9 Å². The van der Waals surface area contributed by atoms with Crippen molar-refractivity contribution in [3.63, 3.8) is 0 Å². The predicted molar refractivity (Wildman–Crippen MR) is 199 cm³/mol. The molecule has 5 rings (SSSR count). The summed E-state index contributed by atoms with van der Waals surface area (Å²) in [6, 6.07) is 33.6. The van der Waals surface area contributed by atoms with E-state index in [9.17, 15) is 24.3 Å². The lowest BCUT2D eigenvalue weighted by Gasteiger charge is -2.18. The van der Waals surface area contributed by atoms with Crippen LogP contribution in [0.1, 0.15) is 37.1 Å². The second-order valence-electron chi connectivity index (χ2n) is 10.9. The highest BCUT2D eigenvalue weighted by Gasteiger charge is 2.24. The molecule has 51 heavy (non-hydrogen) atoms. The van der Waals surface area contributed by atoms with Gasteiger partial charge >= 0.3 is 5.97 Å². The standard InChI is InChI=1S/C39H32ClN3O7S/c1-49-33-19-16-24(21-34(33)50-2)20-32(43-36(44)26-12-7-4-8-13-26)37(45)41-28-14-9-15-29(23-28)51-35(25-10-5-3-6-11-25)38(46)42-31-22-27(39(47)48)17-18-30(31)40/h3-23,35H,1-2H3,(H,41,45)(H,42,46)(H,43,44)(H,47,48)/b32-20+. The summed E-state index contributed by atoms with van der Waals surface area (Å²) in [6.07, 6.45) is 1.52. The Balaban J connectivity index is 1.41. The number of thioether (sulfide) groups is 1. The highest BCUT2D eigenvalue weighted by atomic mass is 35.5. The normalized spacial score (nSPS) is 11.5. The molecule has 0 saturated heterocycles. The molecule has 0 aromatic heterocycles. The molecule has 10 nitrogen and oxygen atoms in total. The van der Waals surface area contributed by atoms with Crippen molar-refractivity contribution in [2.24, 2.45) is 0 Å². The fourth-order valence-corrected chi connectivity index (χ4v) is 6.13. The van der Waals surface area contributed by atoms with Gasteiger partial charge in [0, 0.05) is 16.1 Å². The smallest absolute Gasteiger partial charge is 0.335 e. The molecule has 0 radical (unpaired) electrons. The van der Waals surface area contributed by atoms with Crippen LogP contribution in [0, 0.1) is 0 Å². The predicted octanol–water partition coefficient (Wildman–Crippen LogP) is 7.94. The van der Waals surface area contributed by atoms with Gasteiger partial charge < -0.3 is 30.5 Å². The van der Waals surface area contributed by atoms with Crippen molar-refractivity contribution in [3.05, 3.63) is 154 Å². The van der Waals surface area contributed by atoms with Gasteiger partial charge in [0.15, 0.2) is 11.5 Å². The fraction of sp³-hybridized carbons (Fsp3) is 0.0769. The Kier molecular flexibility index (Phi) is 12.1. The zero-order valence-electron chi connectivity index (χ0n) is 27.4. The molecule has 1 unspecified atom stereocenters. The number of anilines is 2. The number of nitrogens with one attached hydrogen (secondary N) is 3. The average Bonchev–Trinajstić information content (AvgIpc) is 3.15. The molecule has 3 amide bonds. The molecule has 5 aromatic carbocycles.